The van der Waals surface area contributed by atoms with Gasteiger partial charge in [-0.25, -0.2) is 9.37 Å². The van der Waals surface area contributed by atoms with Gasteiger partial charge < -0.3 is 9.73 Å². The maximum absolute atomic E-state index is 13.7. The molecule has 2 aromatic carbocycles. The van der Waals surface area contributed by atoms with Crippen LogP contribution in [-0.2, 0) is 11.3 Å². The average molecular weight is 458 g/mol. The van der Waals surface area contributed by atoms with E-state index in [4.69, 9.17) is 16.0 Å². The molecular weight excluding hydrogens is 441 g/mol. The number of furan rings is 1. The number of aromatic nitrogens is 2. The van der Waals surface area contributed by atoms with Gasteiger partial charge in [0.1, 0.15) is 11.6 Å². The molecule has 0 unspecified atom stereocenters. The van der Waals surface area contributed by atoms with E-state index in [9.17, 15) is 14.0 Å². The van der Waals surface area contributed by atoms with E-state index < -0.39 is 11.1 Å². The Morgan fingerprint density at radius 1 is 1.26 bits per heavy atom. The summed E-state index contributed by atoms with van der Waals surface area (Å²) in [6.45, 7) is 1.97. The van der Waals surface area contributed by atoms with Crippen LogP contribution in [0.25, 0.3) is 16.6 Å². The zero-order valence-electron chi connectivity index (χ0n) is 16.3. The SMILES string of the molecule is C[C@@H](Sc1nc2ccccc2c(=O)n1-c1ccc(F)c(Cl)c1)C(=O)NCc1ccco1. The standard InChI is InChI=1S/C22H17ClFN3O3S/c1-13(20(28)25-12-15-5-4-10-30-15)31-22-26-19-7-3-2-6-16(19)21(29)27(22)14-8-9-18(24)17(23)11-14/h2-11,13H,12H2,1H3,(H,25,28)/t13-/m1/s1. The molecule has 2 aromatic heterocycles. The van der Waals surface area contributed by atoms with Crippen molar-refractivity contribution in [1.29, 1.82) is 0 Å². The molecule has 0 radical (unpaired) electrons. The normalized spacial score (nSPS) is 12.1. The van der Waals surface area contributed by atoms with Crippen LogP contribution >= 0.6 is 23.4 Å². The van der Waals surface area contributed by atoms with E-state index in [1.54, 1.807) is 43.3 Å². The van der Waals surface area contributed by atoms with Crippen molar-refractivity contribution in [3.63, 3.8) is 0 Å². The van der Waals surface area contributed by atoms with E-state index >= 15 is 0 Å². The van der Waals surface area contributed by atoms with E-state index in [0.717, 1.165) is 11.8 Å². The van der Waals surface area contributed by atoms with Gasteiger partial charge >= 0.3 is 0 Å². The Hall–Kier alpha value is -3.10. The fraction of sp³-hybridized carbons (Fsp3) is 0.136. The maximum Gasteiger partial charge on any atom is 0.266 e. The lowest BCUT2D eigenvalue weighted by Crippen LogP contribution is -2.31. The van der Waals surface area contributed by atoms with E-state index in [-0.39, 0.29) is 23.0 Å². The van der Waals surface area contributed by atoms with Gasteiger partial charge in [-0.1, -0.05) is 35.5 Å². The first-order chi connectivity index (χ1) is 14.9. The summed E-state index contributed by atoms with van der Waals surface area (Å²) in [6, 6.07) is 14.4. The molecule has 4 rings (SSSR count). The second kappa shape index (κ2) is 8.95. The van der Waals surface area contributed by atoms with Gasteiger partial charge in [0, 0.05) is 0 Å². The van der Waals surface area contributed by atoms with Crippen LogP contribution in [-0.4, -0.2) is 20.7 Å². The van der Waals surface area contributed by atoms with Crippen LogP contribution in [0.3, 0.4) is 0 Å². The largest absolute Gasteiger partial charge is 0.467 e. The topological polar surface area (TPSA) is 77.1 Å². The third-order valence-electron chi connectivity index (χ3n) is 4.57. The first-order valence-electron chi connectivity index (χ1n) is 9.38. The highest BCUT2D eigenvalue weighted by molar-refractivity contribution is 8.00. The highest BCUT2D eigenvalue weighted by atomic mass is 35.5. The lowest BCUT2D eigenvalue weighted by molar-refractivity contribution is -0.120. The molecule has 0 saturated carbocycles. The number of carbonyl (C=O) groups excluding carboxylic acids is 1. The summed E-state index contributed by atoms with van der Waals surface area (Å²) in [5, 5.41) is 2.82. The highest BCUT2D eigenvalue weighted by Gasteiger charge is 2.21. The van der Waals surface area contributed by atoms with E-state index in [0.29, 0.717) is 27.5 Å². The number of hydrogen-bond acceptors (Lipinski definition) is 5. The summed E-state index contributed by atoms with van der Waals surface area (Å²) < 4.78 is 20.2. The molecule has 2 heterocycles. The van der Waals surface area contributed by atoms with E-state index in [1.165, 1.54) is 29.0 Å². The molecule has 0 fully saturated rings. The van der Waals surface area contributed by atoms with Crippen LogP contribution in [0.5, 0.6) is 0 Å². The van der Waals surface area contributed by atoms with Crippen molar-refractivity contribution in [3.8, 4) is 5.69 Å². The predicted octanol–water partition coefficient (Wildman–Crippen LogP) is 4.57. The van der Waals surface area contributed by atoms with Crippen molar-refractivity contribution in [3.05, 3.63) is 87.8 Å². The summed E-state index contributed by atoms with van der Waals surface area (Å²) >= 11 is 7.06. The molecule has 0 spiro atoms. The Morgan fingerprint density at radius 2 is 2.06 bits per heavy atom. The van der Waals surface area contributed by atoms with Crippen LogP contribution in [0.2, 0.25) is 5.02 Å². The summed E-state index contributed by atoms with van der Waals surface area (Å²) in [6.07, 6.45) is 1.53. The molecule has 1 amide bonds. The number of rotatable bonds is 6. The second-order valence-electron chi connectivity index (χ2n) is 6.71. The number of thioether (sulfide) groups is 1. The summed E-state index contributed by atoms with van der Waals surface area (Å²) in [5.74, 6) is -0.202. The molecule has 9 heteroatoms. The van der Waals surface area contributed by atoms with Crippen LogP contribution in [0.1, 0.15) is 12.7 Å². The third kappa shape index (κ3) is 4.50. The molecule has 31 heavy (non-hydrogen) atoms. The van der Waals surface area contributed by atoms with Crippen molar-refractivity contribution in [2.24, 2.45) is 0 Å². The number of nitrogens with zero attached hydrogens (tertiary/aromatic N) is 2. The quantitative estimate of drug-likeness (QED) is 0.339. The molecule has 0 saturated heterocycles. The maximum atomic E-state index is 13.7. The molecule has 0 aliphatic heterocycles. The van der Waals surface area contributed by atoms with Crippen molar-refractivity contribution in [2.45, 2.75) is 23.9 Å². The van der Waals surface area contributed by atoms with Gasteiger partial charge in [-0.3, -0.25) is 14.2 Å². The Bertz CT molecular complexity index is 1310. The van der Waals surface area contributed by atoms with E-state index in [1.807, 2.05) is 0 Å². The Balaban J connectivity index is 1.70. The number of nitrogens with one attached hydrogen (secondary N) is 1. The summed E-state index contributed by atoms with van der Waals surface area (Å²) in [7, 11) is 0. The smallest absolute Gasteiger partial charge is 0.266 e. The van der Waals surface area contributed by atoms with Gasteiger partial charge in [-0.2, -0.15) is 0 Å². The van der Waals surface area contributed by atoms with Crippen LogP contribution < -0.4 is 10.9 Å². The van der Waals surface area contributed by atoms with Crippen molar-refractivity contribution in [2.75, 3.05) is 0 Å². The fourth-order valence-corrected chi connectivity index (χ4v) is 4.11. The molecule has 158 valence electrons. The first-order valence-corrected chi connectivity index (χ1v) is 10.6. The zero-order valence-corrected chi connectivity index (χ0v) is 17.9. The number of benzene rings is 2. The van der Waals surface area contributed by atoms with E-state index in [2.05, 4.69) is 10.3 Å². The van der Waals surface area contributed by atoms with Gasteiger partial charge in [-0.05, 0) is 49.4 Å². The fourth-order valence-electron chi connectivity index (χ4n) is 2.99. The van der Waals surface area contributed by atoms with Gasteiger partial charge in [-0.15, -0.1) is 0 Å². The number of fused-ring (bicyclic) bond motifs is 1. The van der Waals surface area contributed by atoms with Gasteiger partial charge in [0.25, 0.3) is 5.56 Å². The van der Waals surface area contributed by atoms with Crippen molar-refractivity contribution < 1.29 is 13.6 Å². The lowest BCUT2D eigenvalue weighted by Gasteiger charge is -2.16. The lowest BCUT2D eigenvalue weighted by atomic mass is 10.2. The number of carbonyl (C=O) groups is 1. The van der Waals surface area contributed by atoms with Crippen LogP contribution in [0.15, 0.2) is 75.2 Å². The number of para-hydroxylation sites is 1. The molecule has 1 N–H and O–H groups in total. The third-order valence-corrected chi connectivity index (χ3v) is 5.92. The summed E-state index contributed by atoms with van der Waals surface area (Å²) in [5.41, 5.74) is 0.530. The molecule has 6 nitrogen and oxygen atoms in total. The van der Waals surface area contributed by atoms with Crippen molar-refractivity contribution >= 4 is 40.2 Å². The monoisotopic (exact) mass is 457 g/mol. The van der Waals surface area contributed by atoms with Gasteiger partial charge in [0.05, 0.1) is 39.7 Å². The molecule has 4 aromatic rings. The van der Waals surface area contributed by atoms with Crippen molar-refractivity contribution in [1.82, 2.24) is 14.9 Å². The molecule has 1 atom stereocenters. The second-order valence-corrected chi connectivity index (χ2v) is 8.42. The minimum atomic E-state index is -0.591. The first kappa shape index (κ1) is 21.1. The predicted molar refractivity (Wildman–Crippen MR) is 118 cm³/mol. The molecular formula is C22H17ClFN3O3S. The average Bonchev–Trinajstić information content (AvgIpc) is 3.28. The summed E-state index contributed by atoms with van der Waals surface area (Å²) in [4.78, 5) is 30.4. The van der Waals surface area contributed by atoms with Crippen LogP contribution in [0, 0.1) is 5.82 Å². The zero-order chi connectivity index (χ0) is 22.0. The number of amides is 1. The Morgan fingerprint density at radius 3 is 2.81 bits per heavy atom. The highest BCUT2D eigenvalue weighted by Crippen LogP contribution is 2.27. The molecule has 0 aliphatic rings. The van der Waals surface area contributed by atoms with Gasteiger partial charge in [0.2, 0.25) is 5.91 Å². The molecule has 0 bridgehead atoms. The number of halogens is 2. The Kier molecular flexibility index (Phi) is 6.11. The molecule has 0 aliphatic carbocycles. The minimum Gasteiger partial charge on any atom is -0.467 e. The Labute approximate surface area is 186 Å². The van der Waals surface area contributed by atoms with Crippen LogP contribution in [0.4, 0.5) is 4.39 Å². The number of hydrogen-bond donors (Lipinski definition) is 1. The minimum absolute atomic E-state index is 0.113. The van der Waals surface area contributed by atoms with Gasteiger partial charge in [0.15, 0.2) is 5.16 Å².